The van der Waals surface area contributed by atoms with Crippen molar-refractivity contribution < 1.29 is 5.11 Å². The van der Waals surface area contributed by atoms with Gasteiger partial charge in [-0.3, -0.25) is 10.9 Å². The lowest BCUT2D eigenvalue weighted by Gasteiger charge is -2.10. The Morgan fingerprint density at radius 3 is 1.65 bits per heavy atom. The third-order valence-electron chi connectivity index (χ3n) is 2.92. The van der Waals surface area contributed by atoms with E-state index < -0.39 is 0 Å². The largest absolute Gasteiger partial charge is 0.507 e. The lowest BCUT2D eigenvalue weighted by Crippen LogP contribution is -2.29. The topological polar surface area (TPSA) is 93.1 Å². The molecule has 0 saturated heterocycles. The van der Waals surface area contributed by atoms with Crippen molar-refractivity contribution in [2.75, 3.05) is 14.1 Å². The van der Waals surface area contributed by atoms with Gasteiger partial charge in [-0.1, -0.05) is 6.07 Å². The van der Waals surface area contributed by atoms with Crippen molar-refractivity contribution in [3.63, 3.8) is 0 Å². The number of rotatable bonds is 4. The van der Waals surface area contributed by atoms with Crippen LogP contribution in [0.5, 0.6) is 5.75 Å². The van der Waals surface area contributed by atoms with Gasteiger partial charge in [-0.2, -0.15) is 10.2 Å². The molecule has 124 valence electrons. The average Bonchev–Trinajstić information content (AvgIpc) is 2.56. The zero-order valence-corrected chi connectivity index (χ0v) is 15.0. The van der Waals surface area contributed by atoms with Gasteiger partial charge in [0.1, 0.15) is 5.75 Å². The number of phenolic OH excluding ortho intramolecular Hbond substituents is 1. The molecule has 5 N–H and O–H groups in total. The molecular weight excluding hydrogens is 332 g/mol. The minimum Gasteiger partial charge on any atom is -0.507 e. The molecule has 1 rings (SSSR count). The molecule has 1 aromatic carbocycles. The molecule has 0 aliphatic carbocycles. The highest BCUT2D eigenvalue weighted by molar-refractivity contribution is 7.80. The highest BCUT2D eigenvalue weighted by Crippen LogP contribution is 2.23. The van der Waals surface area contributed by atoms with Crippen LogP contribution in [0.2, 0.25) is 0 Å². The Bertz CT molecular complexity index is 604. The van der Waals surface area contributed by atoms with Crippen molar-refractivity contribution >= 4 is 46.1 Å². The van der Waals surface area contributed by atoms with Gasteiger partial charge >= 0.3 is 0 Å². The van der Waals surface area contributed by atoms with E-state index in [0.29, 0.717) is 32.8 Å². The predicted molar refractivity (Wildman–Crippen MR) is 102 cm³/mol. The number of nitrogens with zero attached hydrogens (tertiary/aromatic N) is 2. The van der Waals surface area contributed by atoms with Crippen molar-refractivity contribution in [2.45, 2.75) is 13.8 Å². The molecule has 0 aliphatic rings. The molecule has 9 heteroatoms. The van der Waals surface area contributed by atoms with Crippen molar-refractivity contribution in [1.82, 2.24) is 21.5 Å². The van der Waals surface area contributed by atoms with Gasteiger partial charge in [-0.15, -0.1) is 0 Å². The van der Waals surface area contributed by atoms with Gasteiger partial charge in [0.2, 0.25) is 0 Å². The minimum absolute atomic E-state index is 0.0874. The molecule has 0 atom stereocenters. The number of benzene rings is 1. The molecule has 0 bridgehead atoms. The third kappa shape index (κ3) is 5.46. The Kier molecular flexibility index (Phi) is 7.36. The number of phenols is 1. The molecule has 0 aromatic heterocycles. The first-order valence-electron chi connectivity index (χ1n) is 6.77. The van der Waals surface area contributed by atoms with Crippen molar-refractivity contribution in [1.29, 1.82) is 0 Å². The van der Waals surface area contributed by atoms with Crippen LogP contribution in [0.3, 0.4) is 0 Å². The second kappa shape index (κ2) is 9.01. The van der Waals surface area contributed by atoms with Gasteiger partial charge in [0, 0.05) is 25.2 Å². The quantitative estimate of drug-likeness (QED) is 0.314. The summed E-state index contributed by atoms with van der Waals surface area (Å²) in [6, 6.07) is 5.34. The van der Waals surface area contributed by atoms with E-state index in [-0.39, 0.29) is 5.75 Å². The highest BCUT2D eigenvalue weighted by Gasteiger charge is 2.12. The number of para-hydroxylation sites is 1. The Morgan fingerprint density at radius 1 is 0.913 bits per heavy atom. The maximum Gasteiger partial charge on any atom is 0.186 e. The molecule has 0 heterocycles. The van der Waals surface area contributed by atoms with Crippen molar-refractivity contribution in [3.8, 4) is 5.75 Å². The SMILES string of the molecule is CNC(=S)N/N=C(\C)c1cccc(/C(C)=N/NC(=S)NC)c1O. The summed E-state index contributed by atoms with van der Waals surface area (Å²) in [6.07, 6.45) is 0. The van der Waals surface area contributed by atoms with E-state index in [2.05, 4.69) is 31.7 Å². The van der Waals surface area contributed by atoms with E-state index in [1.54, 1.807) is 40.1 Å². The molecule has 0 saturated carbocycles. The van der Waals surface area contributed by atoms with E-state index in [0.717, 1.165) is 0 Å². The van der Waals surface area contributed by atoms with Crippen LogP contribution in [0.15, 0.2) is 28.4 Å². The molecule has 7 nitrogen and oxygen atoms in total. The number of nitrogens with one attached hydrogen (secondary N) is 4. The Balaban J connectivity index is 3.06. The molecule has 0 aliphatic heterocycles. The smallest absolute Gasteiger partial charge is 0.186 e. The second-order valence-electron chi connectivity index (χ2n) is 4.48. The second-order valence-corrected chi connectivity index (χ2v) is 5.29. The van der Waals surface area contributed by atoms with Gasteiger partial charge in [0.15, 0.2) is 10.2 Å². The molecular formula is C14H20N6OS2. The fraction of sp³-hybridized carbons (Fsp3) is 0.286. The van der Waals surface area contributed by atoms with E-state index in [4.69, 9.17) is 24.4 Å². The number of hydrogen-bond donors (Lipinski definition) is 5. The van der Waals surface area contributed by atoms with Crippen LogP contribution in [-0.4, -0.2) is 40.9 Å². The Labute approximate surface area is 146 Å². The summed E-state index contributed by atoms with van der Waals surface area (Å²) in [4.78, 5) is 0. The zero-order valence-electron chi connectivity index (χ0n) is 13.4. The van der Waals surface area contributed by atoms with Crippen LogP contribution in [0.1, 0.15) is 25.0 Å². The summed E-state index contributed by atoms with van der Waals surface area (Å²) in [7, 11) is 3.39. The first kappa shape index (κ1) is 18.8. The zero-order chi connectivity index (χ0) is 17.4. The van der Waals surface area contributed by atoms with E-state index in [1.165, 1.54) is 0 Å². The van der Waals surface area contributed by atoms with Crippen LogP contribution < -0.4 is 21.5 Å². The lowest BCUT2D eigenvalue weighted by atomic mass is 10.0. The monoisotopic (exact) mass is 352 g/mol. The Morgan fingerprint density at radius 2 is 1.30 bits per heavy atom. The maximum absolute atomic E-state index is 10.5. The summed E-state index contributed by atoms with van der Waals surface area (Å²) in [6.45, 7) is 3.54. The van der Waals surface area contributed by atoms with E-state index in [9.17, 15) is 5.11 Å². The number of hydrogen-bond acceptors (Lipinski definition) is 5. The standard InChI is InChI=1S/C14H20N6OS2/c1-8(17-19-13(22)15-3)10-6-5-7-11(12(10)21)9(2)18-20-14(23)16-4/h5-7,21H,1-4H3,(H2,15,19,22)(H2,16,20,23)/b17-8+,18-9+. The first-order chi connectivity index (χ1) is 10.9. The fourth-order valence-corrected chi connectivity index (χ4v) is 1.72. The summed E-state index contributed by atoms with van der Waals surface area (Å²) >= 11 is 9.91. The number of aromatic hydroxyl groups is 1. The lowest BCUT2D eigenvalue weighted by molar-refractivity contribution is 0.473. The first-order valence-corrected chi connectivity index (χ1v) is 7.59. The highest BCUT2D eigenvalue weighted by atomic mass is 32.1. The molecule has 0 amide bonds. The third-order valence-corrected chi connectivity index (χ3v) is 3.51. The van der Waals surface area contributed by atoms with Gasteiger partial charge in [0.05, 0.1) is 11.4 Å². The number of hydrazone groups is 2. The molecule has 0 radical (unpaired) electrons. The molecule has 0 fully saturated rings. The van der Waals surface area contributed by atoms with Crippen LogP contribution in [0, 0.1) is 0 Å². The van der Waals surface area contributed by atoms with Crippen LogP contribution >= 0.6 is 24.4 Å². The summed E-state index contributed by atoms with van der Waals surface area (Å²) < 4.78 is 0. The van der Waals surface area contributed by atoms with Crippen LogP contribution in [0.4, 0.5) is 0 Å². The van der Waals surface area contributed by atoms with Crippen LogP contribution in [-0.2, 0) is 0 Å². The molecule has 23 heavy (non-hydrogen) atoms. The molecule has 0 unspecified atom stereocenters. The molecule has 1 aromatic rings. The van der Waals surface area contributed by atoms with Gasteiger partial charge in [-0.05, 0) is 50.4 Å². The van der Waals surface area contributed by atoms with Crippen molar-refractivity contribution in [3.05, 3.63) is 29.3 Å². The molecule has 0 spiro atoms. The summed E-state index contributed by atoms with van der Waals surface area (Å²) in [5, 5.41) is 25.0. The van der Waals surface area contributed by atoms with E-state index >= 15 is 0 Å². The van der Waals surface area contributed by atoms with Crippen LogP contribution in [0.25, 0.3) is 0 Å². The van der Waals surface area contributed by atoms with Gasteiger partial charge in [0.25, 0.3) is 0 Å². The van der Waals surface area contributed by atoms with E-state index in [1.807, 2.05) is 6.07 Å². The summed E-state index contributed by atoms with van der Waals surface area (Å²) in [5.74, 6) is 0.0874. The summed E-state index contributed by atoms with van der Waals surface area (Å²) in [5.41, 5.74) is 7.72. The Hall–Kier alpha value is -2.26. The fourth-order valence-electron chi connectivity index (χ4n) is 1.63. The number of thiocarbonyl (C=S) groups is 2. The van der Waals surface area contributed by atoms with Gasteiger partial charge in [-0.25, -0.2) is 0 Å². The van der Waals surface area contributed by atoms with Gasteiger partial charge < -0.3 is 15.7 Å². The van der Waals surface area contributed by atoms with Crippen molar-refractivity contribution in [2.24, 2.45) is 10.2 Å². The normalized spacial score (nSPS) is 11.7. The minimum atomic E-state index is 0.0874. The predicted octanol–water partition coefficient (Wildman–Crippen LogP) is 1.03. The average molecular weight is 352 g/mol. The maximum atomic E-state index is 10.5.